The first-order valence-corrected chi connectivity index (χ1v) is 8.03. The minimum Gasteiger partial charge on any atom is -0.355 e. The average Bonchev–Trinajstić information content (AvgIpc) is 2.82. The van der Waals surface area contributed by atoms with E-state index in [1.54, 1.807) is 26.0 Å². The van der Waals surface area contributed by atoms with E-state index >= 15 is 0 Å². The van der Waals surface area contributed by atoms with Gasteiger partial charge in [-0.25, -0.2) is 4.39 Å². The molecule has 5 heteroatoms. The maximum absolute atomic E-state index is 13.0. The van der Waals surface area contributed by atoms with Gasteiger partial charge in [0.25, 0.3) is 0 Å². The van der Waals surface area contributed by atoms with Gasteiger partial charge in [0.1, 0.15) is 12.4 Å². The molecule has 0 aliphatic rings. The lowest BCUT2D eigenvalue weighted by molar-refractivity contribution is -0.907. The Morgan fingerprint density at radius 3 is 2.29 bits per heavy atom. The Hall–Kier alpha value is -2.27. The first kappa shape index (κ1) is 18.1. The van der Waals surface area contributed by atoms with E-state index in [4.69, 9.17) is 0 Å². The monoisotopic (exact) mass is 331 g/mol. The lowest BCUT2D eigenvalue weighted by Gasteiger charge is -2.20. The molecule has 1 heterocycles. The molecular formula is C19H24FN2O2+. The number of hydrogen-bond donors (Lipinski definition) is 2. The second-order valence-electron chi connectivity index (χ2n) is 6.42. The van der Waals surface area contributed by atoms with Crippen LogP contribution in [-0.4, -0.2) is 29.6 Å². The van der Waals surface area contributed by atoms with Gasteiger partial charge in [-0.05, 0) is 45.4 Å². The van der Waals surface area contributed by atoms with E-state index in [0.29, 0.717) is 23.4 Å². The van der Waals surface area contributed by atoms with Crippen molar-refractivity contribution in [3.8, 4) is 0 Å². The van der Waals surface area contributed by atoms with Gasteiger partial charge in [0.2, 0.25) is 5.78 Å². The standard InChI is InChI=1S/C19H23FN2O2/c1-11-17(14(4)23)12(2)21-18(11)19(24)13(3)22(5)10-15-6-8-16(20)9-7-15/h6-9,13,21H,10H2,1-5H3/p+1/t13-/m1/s1. The molecule has 0 saturated carbocycles. The predicted molar refractivity (Wildman–Crippen MR) is 91.1 cm³/mol. The predicted octanol–water partition coefficient (Wildman–Crippen LogP) is 2.26. The molecule has 0 fully saturated rings. The lowest BCUT2D eigenvalue weighted by atomic mass is 10.0. The van der Waals surface area contributed by atoms with Crippen molar-refractivity contribution in [3.63, 3.8) is 0 Å². The second-order valence-corrected chi connectivity index (χ2v) is 6.42. The summed E-state index contributed by atoms with van der Waals surface area (Å²) in [5.41, 5.74) is 3.51. The summed E-state index contributed by atoms with van der Waals surface area (Å²) < 4.78 is 13.0. The maximum atomic E-state index is 13.0. The number of rotatable bonds is 6. The van der Waals surface area contributed by atoms with Gasteiger partial charge in [-0.3, -0.25) is 9.59 Å². The summed E-state index contributed by atoms with van der Waals surface area (Å²) in [6, 6.07) is 6.02. The minimum absolute atomic E-state index is 0.0253. The fourth-order valence-corrected chi connectivity index (χ4v) is 3.04. The molecule has 0 radical (unpaired) electrons. The summed E-state index contributed by atoms with van der Waals surface area (Å²) >= 11 is 0. The van der Waals surface area contributed by atoms with Crippen LogP contribution in [0.2, 0.25) is 0 Å². The van der Waals surface area contributed by atoms with Gasteiger partial charge in [-0.15, -0.1) is 0 Å². The van der Waals surface area contributed by atoms with Crippen LogP contribution in [-0.2, 0) is 6.54 Å². The molecular weight excluding hydrogens is 307 g/mol. The normalized spacial score (nSPS) is 13.6. The number of halogens is 1. The van der Waals surface area contributed by atoms with Crippen molar-refractivity contribution in [1.82, 2.24) is 4.98 Å². The van der Waals surface area contributed by atoms with Crippen molar-refractivity contribution < 1.29 is 18.9 Å². The van der Waals surface area contributed by atoms with Crippen molar-refractivity contribution >= 4 is 11.6 Å². The molecule has 4 nitrogen and oxygen atoms in total. The Labute approximate surface area is 141 Å². The van der Waals surface area contributed by atoms with Crippen LogP contribution in [0.3, 0.4) is 0 Å². The van der Waals surface area contributed by atoms with E-state index < -0.39 is 0 Å². The average molecular weight is 331 g/mol. The molecule has 2 N–H and O–H groups in total. The van der Waals surface area contributed by atoms with Crippen LogP contribution in [0, 0.1) is 19.7 Å². The quantitative estimate of drug-likeness (QED) is 0.798. The van der Waals surface area contributed by atoms with Crippen molar-refractivity contribution in [2.75, 3.05) is 7.05 Å². The van der Waals surface area contributed by atoms with Crippen molar-refractivity contribution in [3.05, 3.63) is 58.2 Å². The highest BCUT2D eigenvalue weighted by atomic mass is 19.1. The number of hydrogen-bond acceptors (Lipinski definition) is 2. The minimum atomic E-state index is -0.286. The van der Waals surface area contributed by atoms with Gasteiger partial charge in [0.05, 0.1) is 12.7 Å². The maximum Gasteiger partial charge on any atom is 0.235 e. The zero-order valence-corrected chi connectivity index (χ0v) is 14.8. The molecule has 0 amide bonds. The SMILES string of the molecule is CC(=O)c1c(C)[nH]c(C(=O)[C@@H](C)[NH+](C)Cc2ccc(F)cc2)c1C. The third-order valence-electron chi connectivity index (χ3n) is 4.56. The number of H-pyrrole nitrogens is 1. The molecule has 2 rings (SSSR count). The largest absolute Gasteiger partial charge is 0.355 e. The first-order chi connectivity index (χ1) is 11.2. The summed E-state index contributed by atoms with van der Waals surface area (Å²) in [7, 11) is 1.93. The number of carbonyl (C=O) groups excluding carboxylic acids is 2. The Balaban J connectivity index is 2.18. The number of carbonyl (C=O) groups is 2. The van der Waals surface area contributed by atoms with Crippen molar-refractivity contribution in [1.29, 1.82) is 0 Å². The molecule has 0 aliphatic heterocycles. The summed E-state index contributed by atoms with van der Waals surface area (Å²) in [5.74, 6) is -0.336. The molecule has 2 atom stereocenters. The number of aryl methyl sites for hydroxylation is 1. The van der Waals surface area contributed by atoms with Crippen LogP contribution in [0.15, 0.2) is 24.3 Å². The molecule has 0 saturated heterocycles. The molecule has 1 unspecified atom stereocenters. The van der Waals surface area contributed by atoms with Gasteiger partial charge in [0, 0.05) is 16.8 Å². The second kappa shape index (κ2) is 7.09. The lowest BCUT2D eigenvalue weighted by Crippen LogP contribution is -3.12. The summed E-state index contributed by atoms with van der Waals surface area (Å²) in [5, 5.41) is 0. The number of benzene rings is 1. The molecule has 0 aliphatic carbocycles. The van der Waals surface area contributed by atoms with Crippen LogP contribution >= 0.6 is 0 Å². The van der Waals surface area contributed by atoms with Gasteiger partial charge in [0.15, 0.2) is 11.8 Å². The van der Waals surface area contributed by atoms with E-state index in [0.717, 1.165) is 16.2 Å². The van der Waals surface area contributed by atoms with Gasteiger partial charge < -0.3 is 9.88 Å². The van der Waals surface area contributed by atoms with E-state index in [2.05, 4.69) is 4.98 Å². The molecule has 2 aromatic rings. The van der Waals surface area contributed by atoms with Crippen molar-refractivity contribution in [2.45, 2.75) is 40.3 Å². The third-order valence-corrected chi connectivity index (χ3v) is 4.56. The highest BCUT2D eigenvalue weighted by molar-refractivity contribution is 6.04. The number of aromatic nitrogens is 1. The van der Waals surface area contributed by atoms with E-state index in [1.165, 1.54) is 19.1 Å². The van der Waals surface area contributed by atoms with Crippen LogP contribution in [0.25, 0.3) is 0 Å². The molecule has 0 bridgehead atoms. The van der Waals surface area contributed by atoms with E-state index in [1.807, 2.05) is 14.0 Å². The molecule has 24 heavy (non-hydrogen) atoms. The smallest absolute Gasteiger partial charge is 0.235 e. The number of ketones is 2. The van der Waals surface area contributed by atoms with Crippen LogP contribution in [0.5, 0.6) is 0 Å². The molecule has 1 aromatic carbocycles. The van der Waals surface area contributed by atoms with Crippen molar-refractivity contribution in [2.24, 2.45) is 0 Å². The highest BCUT2D eigenvalue weighted by Crippen LogP contribution is 2.19. The van der Waals surface area contributed by atoms with Crippen LogP contribution < -0.4 is 4.90 Å². The Morgan fingerprint density at radius 2 is 1.79 bits per heavy atom. The highest BCUT2D eigenvalue weighted by Gasteiger charge is 2.28. The number of likely N-dealkylation sites (N-methyl/N-ethyl adjacent to an activating group) is 1. The Bertz CT molecular complexity index is 762. The zero-order valence-electron chi connectivity index (χ0n) is 14.8. The topological polar surface area (TPSA) is 54.4 Å². The van der Waals surface area contributed by atoms with Crippen LogP contribution in [0.4, 0.5) is 4.39 Å². The first-order valence-electron chi connectivity index (χ1n) is 8.03. The fraction of sp³-hybridized carbons (Fsp3) is 0.368. The summed E-state index contributed by atoms with van der Waals surface area (Å²) in [6.45, 7) is 7.60. The number of Topliss-reactive ketones (excluding diaryl/α,β-unsaturated/α-hetero) is 2. The number of quaternary nitrogens is 1. The fourth-order valence-electron chi connectivity index (χ4n) is 3.04. The Morgan fingerprint density at radius 1 is 1.21 bits per heavy atom. The van der Waals surface area contributed by atoms with Gasteiger partial charge in [-0.2, -0.15) is 0 Å². The molecule has 128 valence electrons. The molecule has 0 spiro atoms. The number of aromatic amines is 1. The third kappa shape index (κ3) is 3.62. The Kier molecular flexibility index (Phi) is 5.34. The van der Waals surface area contributed by atoms with Crippen LogP contribution in [0.1, 0.15) is 51.5 Å². The van der Waals surface area contributed by atoms with E-state index in [-0.39, 0.29) is 23.4 Å². The summed E-state index contributed by atoms with van der Waals surface area (Å²) in [6.07, 6.45) is 0. The van der Waals surface area contributed by atoms with Gasteiger partial charge in [-0.1, -0.05) is 12.1 Å². The number of nitrogens with one attached hydrogen (secondary N) is 2. The van der Waals surface area contributed by atoms with E-state index in [9.17, 15) is 14.0 Å². The molecule has 1 aromatic heterocycles. The van der Waals surface area contributed by atoms with Gasteiger partial charge >= 0.3 is 0 Å². The summed E-state index contributed by atoms with van der Waals surface area (Å²) in [4.78, 5) is 28.6. The zero-order chi connectivity index (χ0) is 18.0.